The zero-order chi connectivity index (χ0) is 21.1. The monoisotopic (exact) mass is 415 g/mol. The van der Waals surface area contributed by atoms with Crippen molar-refractivity contribution in [2.24, 2.45) is 0 Å². The number of thiophene rings is 1. The molecule has 154 valence electrons. The fourth-order valence-corrected chi connectivity index (χ4v) is 4.09. The molecule has 8 heteroatoms. The Labute approximate surface area is 173 Å². The predicted molar refractivity (Wildman–Crippen MR) is 115 cm³/mol. The summed E-state index contributed by atoms with van der Waals surface area (Å²) < 4.78 is 5.07. The van der Waals surface area contributed by atoms with Crippen molar-refractivity contribution in [3.8, 4) is 0 Å². The largest absolute Gasteiger partial charge is 0.462 e. The summed E-state index contributed by atoms with van der Waals surface area (Å²) >= 11 is 1.34. The van der Waals surface area contributed by atoms with Crippen molar-refractivity contribution >= 4 is 45.5 Å². The molecule has 0 bridgehead atoms. The van der Waals surface area contributed by atoms with E-state index in [1.807, 2.05) is 32.9 Å². The normalized spacial score (nSPS) is 15.2. The fourth-order valence-electron chi connectivity index (χ4n) is 3.09. The zero-order valence-corrected chi connectivity index (χ0v) is 17.8. The van der Waals surface area contributed by atoms with Gasteiger partial charge in [0, 0.05) is 4.88 Å². The number of ether oxygens (including phenoxy) is 1. The highest BCUT2D eigenvalue weighted by molar-refractivity contribution is 7.16. The van der Waals surface area contributed by atoms with E-state index in [2.05, 4.69) is 16.0 Å². The minimum atomic E-state index is -0.693. The maximum absolute atomic E-state index is 12.6. The number of fused-ring (bicyclic) bond motifs is 1. The third-order valence-electron chi connectivity index (χ3n) is 4.81. The van der Waals surface area contributed by atoms with Crippen LogP contribution in [0, 0.1) is 13.8 Å². The molecule has 2 aromatic rings. The van der Waals surface area contributed by atoms with Gasteiger partial charge in [-0.15, -0.1) is 11.3 Å². The number of aryl methyl sites for hydroxylation is 3. The van der Waals surface area contributed by atoms with Gasteiger partial charge >= 0.3 is 5.97 Å². The summed E-state index contributed by atoms with van der Waals surface area (Å²) in [5, 5.41) is 9.23. The maximum Gasteiger partial charge on any atom is 0.341 e. The van der Waals surface area contributed by atoms with E-state index in [-0.39, 0.29) is 24.8 Å². The first-order chi connectivity index (χ1) is 13.8. The van der Waals surface area contributed by atoms with Crippen molar-refractivity contribution in [1.29, 1.82) is 0 Å². The summed E-state index contributed by atoms with van der Waals surface area (Å²) in [6.07, 6.45) is 0.689. The first-order valence-corrected chi connectivity index (χ1v) is 10.4. The van der Waals surface area contributed by atoms with Gasteiger partial charge in [0.05, 0.1) is 30.0 Å². The van der Waals surface area contributed by atoms with Gasteiger partial charge in [0.25, 0.3) is 0 Å². The van der Waals surface area contributed by atoms with Gasteiger partial charge < -0.3 is 20.7 Å². The van der Waals surface area contributed by atoms with Crippen molar-refractivity contribution in [2.45, 2.75) is 46.6 Å². The standard InChI is InChI=1S/C21H25N3O4S/c1-5-13-9-14(21(27)28-6-2)20(29-13)24-18(25)10-17-19(26)23-16-8-12(4)11(3)7-15(16)22-17/h7-9,17,22H,5-6,10H2,1-4H3,(H,23,26)(H,24,25)/t17-/m0/s1. The first-order valence-electron chi connectivity index (χ1n) is 9.60. The molecule has 0 unspecified atom stereocenters. The number of rotatable bonds is 6. The lowest BCUT2D eigenvalue weighted by molar-refractivity contribution is -0.122. The summed E-state index contributed by atoms with van der Waals surface area (Å²) in [6.45, 7) is 7.94. The van der Waals surface area contributed by atoms with Crippen LogP contribution in [0.15, 0.2) is 18.2 Å². The van der Waals surface area contributed by atoms with Gasteiger partial charge in [-0.05, 0) is 56.5 Å². The maximum atomic E-state index is 12.6. The van der Waals surface area contributed by atoms with Crippen molar-refractivity contribution in [3.63, 3.8) is 0 Å². The lowest BCUT2D eigenvalue weighted by Gasteiger charge is -2.27. The van der Waals surface area contributed by atoms with E-state index in [1.165, 1.54) is 11.3 Å². The Balaban J connectivity index is 1.72. The molecule has 0 spiro atoms. The number of carbonyl (C=O) groups is 3. The van der Waals surface area contributed by atoms with Gasteiger partial charge in [-0.25, -0.2) is 4.79 Å². The number of esters is 1. The molecule has 3 N–H and O–H groups in total. The van der Waals surface area contributed by atoms with E-state index >= 15 is 0 Å². The van der Waals surface area contributed by atoms with Crippen LogP contribution in [0.5, 0.6) is 0 Å². The highest BCUT2D eigenvalue weighted by atomic mass is 32.1. The Hall–Kier alpha value is -2.87. The lowest BCUT2D eigenvalue weighted by Crippen LogP contribution is -2.41. The number of amides is 2. The topological polar surface area (TPSA) is 96.5 Å². The van der Waals surface area contributed by atoms with Crippen molar-refractivity contribution in [3.05, 3.63) is 39.8 Å². The molecular weight excluding hydrogens is 390 g/mol. The quantitative estimate of drug-likeness (QED) is 0.623. The Morgan fingerprint density at radius 1 is 1.14 bits per heavy atom. The zero-order valence-electron chi connectivity index (χ0n) is 17.0. The van der Waals surface area contributed by atoms with E-state index in [9.17, 15) is 14.4 Å². The third-order valence-corrected chi connectivity index (χ3v) is 6.00. The van der Waals surface area contributed by atoms with Gasteiger partial charge in [0.2, 0.25) is 11.8 Å². The number of anilines is 3. The molecule has 3 rings (SSSR count). The smallest absolute Gasteiger partial charge is 0.341 e. The SMILES string of the molecule is CCOC(=O)c1cc(CC)sc1NC(=O)C[C@@H]1Nc2cc(C)c(C)cc2NC1=O. The van der Waals surface area contributed by atoms with E-state index in [0.29, 0.717) is 16.3 Å². The molecule has 29 heavy (non-hydrogen) atoms. The average Bonchev–Trinajstić information content (AvgIpc) is 3.07. The molecule has 0 fully saturated rings. The summed E-state index contributed by atoms with van der Waals surface area (Å²) in [5.41, 5.74) is 4.03. The summed E-state index contributed by atoms with van der Waals surface area (Å²) in [6, 6.07) is 4.92. The minimum Gasteiger partial charge on any atom is -0.462 e. The Morgan fingerprint density at radius 2 is 1.83 bits per heavy atom. The molecule has 1 aliphatic heterocycles. The molecular formula is C21H25N3O4S. The van der Waals surface area contributed by atoms with Gasteiger partial charge in [0.1, 0.15) is 11.0 Å². The minimum absolute atomic E-state index is 0.0557. The number of benzene rings is 1. The Kier molecular flexibility index (Phi) is 6.22. The van der Waals surface area contributed by atoms with Crippen molar-refractivity contribution in [2.75, 3.05) is 22.6 Å². The Morgan fingerprint density at radius 3 is 2.48 bits per heavy atom. The van der Waals surface area contributed by atoms with Crippen molar-refractivity contribution < 1.29 is 19.1 Å². The van der Waals surface area contributed by atoms with Gasteiger partial charge in [-0.2, -0.15) is 0 Å². The molecule has 2 heterocycles. The highest BCUT2D eigenvalue weighted by Crippen LogP contribution is 2.32. The molecule has 7 nitrogen and oxygen atoms in total. The van der Waals surface area contributed by atoms with Crippen LogP contribution in [0.2, 0.25) is 0 Å². The Bertz CT molecular complexity index is 967. The van der Waals surface area contributed by atoms with Gasteiger partial charge in [0.15, 0.2) is 0 Å². The number of hydrogen-bond donors (Lipinski definition) is 3. The van der Waals surface area contributed by atoms with Crippen molar-refractivity contribution in [1.82, 2.24) is 0 Å². The second-order valence-electron chi connectivity index (χ2n) is 6.95. The number of nitrogens with one attached hydrogen (secondary N) is 3. The van der Waals surface area contributed by atoms with E-state index in [0.717, 1.165) is 28.1 Å². The van der Waals surface area contributed by atoms with Gasteiger partial charge in [-0.1, -0.05) is 6.92 Å². The molecule has 2 amide bonds. The van der Waals surface area contributed by atoms with Crippen LogP contribution < -0.4 is 16.0 Å². The van der Waals surface area contributed by atoms with Crippen LogP contribution in [0.25, 0.3) is 0 Å². The van der Waals surface area contributed by atoms with E-state index in [1.54, 1.807) is 13.0 Å². The van der Waals surface area contributed by atoms with Crippen LogP contribution in [0.3, 0.4) is 0 Å². The van der Waals surface area contributed by atoms with E-state index in [4.69, 9.17) is 4.74 Å². The molecule has 1 aliphatic rings. The second-order valence-corrected chi connectivity index (χ2v) is 8.09. The van der Waals surface area contributed by atoms with Crippen LogP contribution in [-0.2, 0) is 20.7 Å². The lowest BCUT2D eigenvalue weighted by atomic mass is 10.0. The molecule has 1 aromatic heterocycles. The fraction of sp³-hybridized carbons (Fsp3) is 0.381. The molecule has 0 saturated carbocycles. The molecule has 1 aromatic carbocycles. The number of carbonyl (C=O) groups excluding carboxylic acids is 3. The predicted octanol–water partition coefficient (Wildman–Crippen LogP) is 3.87. The summed E-state index contributed by atoms with van der Waals surface area (Å²) in [7, 11) is 0. The average molecular weight is 416 g/mol. The van der Waals surface area contributed by atoms with Crippen LogP contribution in [0.1, 0.15) is 46.6 Å². The van der Waals surface area contributed by atoms with Crippen LogP contribution in [0.4, 0.5) is 16.4 Å². The summed E-state index contributed by atoms with van der Waals surface area (Å²) in [5.74, 6) is -1.08. The van der Waals surface area contributed by atoms with Gasteiger partial charge in [-0.3, -0.25) is 9.59 Å². The summed E-state index contributed by atoms with van der Waals surface area (Å²) in [4.78, 5) is 38.2. The highest BCUT2D eigenvalue weighted by Gasteiger charge is 2.29. The molecule has 0 saturated heterocycles. The molecule has 0 radical (unpaired) electrons. The second kappa shape index (κ2) is 8.65. The molecule has 0 aliphatic carbocycles. The van der Waals surface area contributed by atoms with Crippen LogP contribution >= 0.6 is 11.3 Å². The third kappa shape index (κ3) is 4.59. The number of hydrogen-bond acceptors (Lipinski definition) is 6. The first kappa shape index (κ1) is 20.9. The molecule has 1 atom stereocenters. The van der Waals surface area contributed by atoms with Crippen LogP contribution in [-0.4, -0.2) is 30.4 Å². The van der Waals surface area contributed by atoms with E-state index < -0.39 is 12.0 Å².